The molecule has 0 atom stereocenters. The van der Waals surface area contributed by atoms with Gasteiger partial charge < -0.3 is 4.42 Å². The van der Waals surface area contributed by atoms with E-state index in [-0.39, 0.29) is 12.3 Å². The highest BCUT2D eigenvalue weighted by atomic mass is 127. The van der Waals surface area contributed by atoms with E-state index in [0.29, 0.717) is 3.57 Å². The Morgan fingerprint density at radius 3 is 2.78 bits per heavy atom. The zero-order valence-electron chi connectivity index (χ0n) is 8.75. The molecule has 0 amide bonds. The molecule has 9 heteroatoms. The van der Waals surface area contributed by atoms with Crippen molar-refractivity contribution in [2.75, 3.05) is 0 Å². The molecular weight excluding hydrogens is 357 g/mol. The second kappa shape index (κ2) is 4.76. The zero-order valence-corrected chi connectivity index (χ0v) is 10.9. The van der Waals surface area contributed by atoms with Crippen LogP contribution in [0.5, 0.6) is 0 Å². The van der Waals surface area contributed by atoms with Crippen molar-refractivity contribution in [2.45, 2.75) is 6.54 Å². The molecule has 1 N–H and O–H groups in total. The van der Waals surface area contributed by atoms with Gasteiger partial charge in [0.05, 0.1) is 16.2 Å². The normalized spacial score (nSPS) is 10.5. The van der Waals surface area contributed by atoms with Crippen LogP contribution >= 0.6 is 22.6 Å². The van der Waals surface area contributed by atoms with Gasteiger partial charge in [-0.2, -0.15) is 0 Å². The fraction of sp³-hybridized carbons (Fsp3) is 0.111. The van der Waals surface area contributed by atoms with Crippen LogP contribution in [0.2, 0.25) is 0 Å². The number of aromatic nitrogens is 2. The summed E-state index contributed by atoms with van der Waals surface area (Å²) in [7, 11) is 0. The van der Waals surface area contributed by atoms with E-state index in [1.54, 1.807) is 22.6 Å². The van der Waals surface area contributed by atoms with Gasteiger partial charge in [-0.05, 0) is 28.7 Å². The van der Waals surface area contributed by atoms with Gasteiger partial charge >= 0.3 is 11.6 Å². The lowest BCUT2D eigenvalue weighted by Crippen LogP contribution is -2.31. The topological polar surface area (TPSA) is 111 Å². The molecule has 0 aromatic carbocycles. The number of furan rings is 1. The van der Waals surface area contributed by atoms with Crippen LogP contribution in [0.1, 0.15) is 5.76 Å². The Kier molecular flexibility index (Phi) is 3.32. The largest absolute Gasteiger partial charge is 0.433 e. The van der Waals surface area contributed by atoms with Gasteiger partial charge in [0, 0.05) is 6.20 Å². The second-order valence-electron chi connectivity index (χ2n) is 3.36. The highest BCUT2D eigenvalue weighted by Crippen LogP contribution is 2.15. The number of H-pyrrole nitrogens is 1. The first-order valence-electron chi connectivity index (χ1n) is 4.70. The Morgan fingerprint density at radius 1 is 1.44 bits per heavy atom. The second-order valence-corrected chi connectivity index (χ2v) is 4.52. The fourth-order valence-electron chi connectivity index (χ4n) is 1.32. The van der Waals surface area contributed by atoms with E-state index in [1.807, 2.05) is 0 Å². The molecule has 0 aliphatic carbocycles. The van der Waals surface area contributed by atoms with Crippen molar-refractivity contribution >= 4 is 28.5 Å². The summed E-state index contributed by atoms with van der Waals surface area (Å²) in [5.74, 6) is -0.135. The van der Waals surface area contributed by atoms with Gasteiger partial charge in [0.25, 0.3) is 5.56 Å². The van der Waals surface area contributed by atoms with Gasteiger partial charge in [0.1, 0.15) is 10.7 Å². The van der Waals surface area contributed by atoms with Gasteiger partial charge in [-0.15, -0.1) is 0 Å². The maximum absolute atomic E-state index is 11.5. The van der Waals surface area contributed by atoms with Gasteiger partial charge in [-0.1, -0.05) is 0 Å². The van der Waals surface area contributed by atoms with Crippen LogP contribution in [0.25, 0.3) is 0 Å². The molecule has 0 radical (unpaired) electrons. The molecule has 0 fully saturated rings. The van der Waals surface area contributed by atoms with Crippen LogP contribution < -0.4 is 11.2 Å². The summed E-state index contributed by atoms with van der Waals surface area (Å²) in [5, 5.41) is 10.4. The van der Waals surface area contributed by atoms with E-state index in [2.05, 4.69) is 4.98 Å². The molecule has 18 heavy (non-hydrogen) atoms. The predicted molar refractivity (Wildman–Crippen MR) is 68.5 cm³/mol. The molecule has 0 spiro atoms. The summed E-state index contributed by atoms with van der Waals surface area (Å²) in [6.07, 6.45) is 1.36. The summed E-state index contributed by atoms with van der Waals surface area (Å²) < 4.78 is 6.46. The lowest BCUT2D eigenvalue weighted by atomic mass is 10.4. The third-order valence-electron chi connectivity index (χ3n) is 2.12. The highest BCUT2D eigenvalue weighted by molar-refractivity contribution is 14.1. The van der Waals surface area contributed by atoms with Crippen LogP contribution in [0.15, 0.2) is 32.3 Å². The lowest BCUT2D eigenvalue weighted by Gasteiger charge is -2.02. The molecular formula is C9H6IN3O5. The number of hydrogen-bond acceptors (Lipinski definition) is 5. The SMILES string of the molecule is O=c1[nH]c(=O)n(Cc2ccc([N+](=O)[O-])o2)cc1I. The first-order chi connectivity index (χ1) is 8.47. The van der Waals surface area contributed by atoms with Crippen molar-refractivity contribution in [1.29, 1.82) is 0 Å². The number of nitrogens with one attached hydrogen (secondary N) is 1. The molecule has 0 saturated carbocycles. The number of nitro groups is 1. The monoisotopic (exact) mass is 363 g/mol. The average Bonchev–Trinajstić information content (AvgIpc) is 2.74. The Hall–Kier alpha value is -1.91. The van der Waals surface area contributed by atoms with E-state index in [4.69, 9.17) is 4.42 Å². The van der Waals surface area contributed by atoms with Gasteiger partial charge in [0.2, 0.25) is 0 Å². The minimum Gasteiger partial charge on any atom is -0.404 e. The molecule has 0 aliphatic rings. The molecule has 0 aliphatic heterocycles. The third kappa shape index (κ3) is 2.50. The quantitative estimate of drug-likeness (QED) is 0.490. The highest BCUT2D eigenvalue weighted by Gasteiger charge is 2.12. The van der Waals surface area contributed by atoms with Crippen molar-refractivity contribution in [3.8, 4) is 0 Å². The molecule has 2 heterocycles. The summed E-state index contributed by atoms with van der Waals surface area (Å²) in [5.41, 5.74) is -1.07. The molecule has 8 nitrogen and oxygen atoms in total. The van der Waals surface area contributed by atoms with E-state index in [9.17, 15) is 19.7 Å². The van der Waals surface area contributed by atoms with Gasteiger partial charge in [0.15, 0.2) is 0 Å². The van der Waals surface area contributed by atoms with Crippen LogP contribution in [0.4, 0.5) is 5.88 Å². The summed E-state index contributed by atoms with van der Waals surface area (Å²) in [6.45, 7) is 0.0133. The van der Waals surface area contributed by atoms with Crippen molar-refractivity contribution < 1.29 is 9.34 Å². The minimum atomic E-state index is -0.664. The predicted octanol–water partition coefficient (Wildman–Crippen LogP) is 0.691. The van der Waals surface area contributed by atoms with Crippen molar-refractivity contribution in [1.82, 2.24) is 9.55 Å². The van der Waals surface area contributed by atoms with E-state index in [0.717, 1.165) is 0 Å². The summed E-state index contributed by atoms with van der Waals surface area (Å²) in [4.78, 5) is 34.5. The van der Waals surface area contributed by atoms with Crippen molar-refractivity contribution in [3.63, 3.8) is 0 Å². The van der Waals surface area contributed by atoms with Crippen LogP contribution in [0, 0.1) is 13.7 Å². The van der Waals surface area contributed by atoms with Crippen LogP contribution in [-0.2, 0) is 6.54 Å². The Balaban J connectivity index is 2.34. The van der Waals surface area contributed by atoms with Crippen molar-refractivity contribution in [3.05, 3.63) is 58.6 Å². The first-order valence-corrected chi connectivity index (χ1v) is 5.77. The maximum Gasteiger partial charge on any atom is 0.433 e. The number of nitrogens with zero attached hydrogens (tertiary/aromatic N) is 2. The van der Waals surface area contributed by atoms with E-state index < -0.39 is 22.1 Å². The number of halogens is 1. The van der Waals surface area contributed by atoms with Crippen LogP contribution in [-0.4, -0.2) is 14.5 Å². The molecule has 2 rings (SSSR count). The summed E-state index contributed by atoms with van der Waals surface area (Å²) >= 11 is 1.78. The zero-order chi connectivity index (χ0) is 13.3. The van der Waals surface area contributed by atoms with E-state index >= 15 is 0 Å². The smallest absolute Gasteiger partial charge is 0.404 e. The Morgan fingerprint density at radius 2 is 2.17 bits per heavy atom. The number of aromatic amines is 1. The Bertz CT molecular complexity index is 713. The molecule has 0 unspecified atom stereocenters. The van der Waals surface area contributed by atoms with E-state index in [1.165, 1.54) is 22.9 Å². The summed E-state index contributed by atoms with van der Waals surface area (Å²) in [6, 6.07) is 2.61. The average molecular weight is 363 g/mol. The molecule has 2 aromatic rings. The third-order valence-corrected chi connectivity index (χ3v) is 2.89. The first kappa shape index (κ1) is 12.5. The fourth-order valence-corrected chi connectivity index (χ4v) is 1.79. The number of rotatable bonds is 3. The van der Waals surface area contributed by atoms with Gasteiger partial charge in [-0.3, -0.25) is 24.5 Å². The van der Waals surface area contributed by atoms with Gasteiger partial charge in [-0.25, -0.2) is 4.79 Å². The lowest BCUT2D eigenvalue weighted by molar-refractivity contribution is -0.402. The van der Waals surface area contributed by atoms with Crippen molar-refractivity contribution in [2.24, 2.45) is 0 Å². The maximum atomic E-state index is 11.5. The molecule has 94 valence electrons. The van der Waals surface area contributed by atoms with Crippen LogP contribution in [0.3, 0.4) is 0 Å². The standard InChI is InChI=1S/C9H6IN3O5/c10-6-4-12(9(15)11-8(6)14)3-5-1-2-7(18-5)13(16)17/h1-2,4H,3H2,(H,11,14,15). The molecule has 2 aromatic heterocycles. The Labute approximate surface area is 113 Å². The molecule has 0 bridgehead atoms. The molecule has 0 saturated heterocycles. The number of hydrogen-bond donors (Lipinski definition) is 1. The minimum absolute atomic E-state index is 0.0133.